The normalized spacial score (nSPS) is 11.6. The van der Waals surface area contributed by atoms with Gasteiger partial charge in [-0.1, -0.05) is 24.3 Å². The molecule has 0 aliphatic heterocycles. The maximum Gasteiger partial charge on any atom is 0.499 e. The van der Waals surface area contributed by atoms with E-state index < -0.39 is 14.2 Å². The summed E-state index contributed by atoms with van der Waals surface area (Å²) in [5, 5.41) is 41.4. The molecule has 4 nitrogen and oxygen atoms in total. The van der Waals surface area contributed by atoms with E-state index in [-0.39, 0.29) is 0 Å². The van der Waals surface area contributed by atoms with Gasteiger partial charge in [0, 0.05) is 29.7 Å². The Morgan fingerprint density at radius 1 is 0.636 bits per heavy atom. The van der Waals surface area contributed by atoms with Crippen LogP contribution in [0, 0.1) is 0 Å². The lowest BCUT2D eigenvalue weighted by molar-refractivity contribution is 0.425. The lowest BCUT2D eigenvalue weighted by atomic mass is 9.89. The van der Waals surface area contributed by atoms with Gasteiger partial charge in [0.05, 0.1) is 0 Å². The average molecular weight is 328 g/mol. The molecule has 0 saturated heterocycles. The third-order valence-electron chi connectivity index (χ3n) is 3.71. The van der Waals surface area contributed by atoms with Crippen LogP contribution in [0.5, 0.6) is 0 Å². The largest absolute Gasteiger partial charge is 0.499 e. The molecule has 108 valence electrons. The quantitative estimate of drug-likeness (QED) is 0.407. The number of hydrogen-bond donors (Lipinski definition) is 4. The van der Waals surface area contributed by atoms with E-state index in [1.807, 2.05) is 24.3 Å². The van der Waals surface area contributed by atoms with Gasteiger partial charge in [-0.15, -0.1) is 22.7 Å². The molecule has 4 aromatic rings. The van der Waals surface area contributed by atoms with Crippen LogP contribution in [-0.4, -0.2) is 34.3 Å². The highest BCUT2D eigenvalue weighted by atomic mass is 32.1. The number of hydrogen-bond acceptors (Lipinski definition) is 6. The monoisotopic (exact) mass is 328 g/mol. The zero-order valence-electron chi connectivity index (χ0n) is 11.2. The summed E-state index contributed by atoms with van der Waals surface area (Å²) in [5.74, 6) is 0. The molecule has 0 fully saturated rings. The van der Waals surface area contributed by atoms with Gasteiger partial charge in [-0.2, -0.15) is 0 Å². The van der Waals surface area contributed by atoms with Crippen LogP contribution in [0.3, 0.4) is 0 Å². The van der Waals surface area contributed by atoms with Gasteiger partial charge in [0.1, 0.15) is 0 Å². The van der Waals surface area contributed by atoms with Crippen LogP contribution in [-0.2, 0) is 0 Å². The molecule has 2 aromatic heterocycles. The van der Waals surface area contributed by atoms with Crippen molar-refractivity contribution < 1.29 is 20.1 Å². The van der Waals surface area contributed by atoms with Crippen molar-refractivity contribution in [1.29, 1.82) is 0 Å². The van der Waals surface area contributed by atoms with E-state index in [0.29, 0.717) is 9.55 Å². The number of rotatable bonds is 2. The molecule has 0 atom stereocenters. The lowest BCUT2D eigenvalue weighted by Gasteiger charge is -2.01. The molecule has 0 aliphatic carbocycles. The molecule has 0 spiro atoms. The first-order valence-corrected chi connectivity index (χ1v) is 8.29. The summed E-state index contributed by atoms with van der Waals surface area (Å²) in [6.45, 7) is 0. The van der Waals surface area contributed by atoms with Crippen LogP contribution >= 0.6 is 22.7 Å². The SMILES string of the molecule is OB(O)c1cc2ccc3c(ccc4cc(B(O)O)sc43)c2s1. The summed E-state index contributed by atoms with van der Waals surface area (Å²) in [6, 6.07) is 11.5. The van der Waals surface area contributed by atoms with E-state index in [2.05, 4.69) is 0 Å². The summed E-state index contributed by atoms with van der Waals surface area (Å²) in [4.78, 5) is 0. The predicted molar refractivity (Wildman–Crippen MR) is 94.4 cm³/mol. The van der Waals surface area contributed by atoms with E-state index in [4.69, 9.17) is 0 Å². The Morgan fingerprint density at radius 3 is 1.41 bits per heavy atom. The molecule has 2 aromatic carbocycles. The first-order valence-electron chi connectivity index (χ1n) is 6.65. The van der Waals surface area contributed by atoms with Crippen molar-refractivity contribution in [2.75, 3.05) is 0 Å². The Bertz CT molecular complexity index is 925. The predicted octanol–water partition coefficient (Wildman–Crippen LogP) is 0.629. The molecule has 0 radical (unpaired) electrons. The lowest BCUT2D eigenvalue weighted by Crippen LogP contribution is -2.26. The smallest absolute Gasteiger partial charge is 0.423 e. The topological polar surface area (TPSA) is 80.9 Å². The van der Waals surface area contributed by atoms with Crippen LogP contribution in [0.2, 0.25) is 0 Å². The fourth-order valence-corrected chi connectivity index (χ4v) is 4.81. The average Bonchev–Trinajstić information content (AvgIpc) is 3.10. The zero-order valence-corrected chi connectivity index (χ0v) is 12.9. The van der Waals surface area contributed by atoms with Crippen LogP contribution < -0.4 is 9.55 Å². The number of benzene rings is 2. The Hall–Kier alpha value is -1.41. The third-order valence-corrected chi connectivity index (χ3v) is 6.16. The second kappa shape index (κ2) is 5.06. The fourth-order valence-electron chi connectivity index (χ4n) is 2.69. The van der Waals surface area contributed by atoms with E-state index >= 15 is 0 Å². The second-order valence-corrected chi connectivity index (χ2v) is 7.28. The maximum atomic E-state index is 9.35. The molecule has 8 heteroatoms. The Morgan fingerprint density at radius 2 is 1.05 bits per heavy atom. The Balaban J connectivity index is 2.07. The van der Waals surface area contributed by atoms with Crippen molar-refractivity contribution in [2.45, 2.75) is 0 Å². The van der Waals surface area contributed by atoms with Crippen molar-refractivity contribution in [3.8, 4) is 0 Å². The molecule has 0 unspecified atom stereocenters. The fraction of sp³-hybridized carbons (Fsp3) is 0. The van der Waals surface area contributed by atoms with Gasteiger partial charge in [0.25, 0.3) is 0 Å². The van der Waals surface area contributed by atoms with E-state index in [9.17, 15) is 20.1 Å². The van der Waals surface area contributed by atoms with Crippen molar-refractivity contribution in [2.24, 2.45) is 0 Å². The molecule has 4 N–H and O–H groups in total. The van der Waals surface area contributed by atoms with Crippen molar-refractivity contribution >= 4 is 77.4 Å². The summed E-state index contributed by atoms with van der Waals surface area (Å²) in [6.07, 6.45) is 0. The van der Waals surface area contributed by atoms with Gasteiger partial charge >= 0.3 is 14.2 Å². The van der Waals surface area contributed by atoms with E-state index in [1.54, 1.807) is 12.1 Å². The molecule has 22 heavy (non-hydrogen) atoms. The molecular formula is C14H10B2O4S2. The summed E-state index contributed by atoms with van der Waals surface area (Å²) >= 11 is 2.72. The first kappa shape index (κ1) is 14.2. The zero-order chi connectivity index (χ0) is 15.4. The van der Waals surface area contributed by atoms with Gasteiger partial charge in [-0.25, -0.2) is 0 Å². The van der Waals surface area contributed by atoms with E-state index in [1.165, 1.54) is 22.7 Å². The summed E-state index contributed by atoms with van der Waals surface area (Å²) < 4.78 is 3.03. The van der Waals surface area contributed by atoms with Gasteiger partial charge in [0.2, 0.25) is 0 Å². The minimum absolute atomic E-state index is 0.514. The number of fused-ring (bicyclic) bond motifs is 5. The second-order valence-electron chi connectivity index (χ2n) is 5.11. The van der Waals surface area contributed by atoms with E-state index in [0.717, 1.165) is 30.9 Å². The van der Waals surface area contributed by atoms with Crippen LogP contribution in [0.1, 0.15) is 0 Å². The molecule has 4 rings (SSSR count). The highest BCUT2D eigenvalue weighted by Gasteiger charge is 2.18. The minimum atomic E-state index is -1.46. The summed E-state index contributed by atoms with van der Waals surface area (Å²) in [5.41, 5.74) is 0. The standard InChI is InChI=1S/C14H10B2O4S2/c17-15(18)11-5-7-1-3-9-10(13(7)21-11)4-2-8-6-12(16(19)20)22-14(8)9/h1-6,17-20H. The van der Waals surface area contributed by atoms with Gasteiger partial charge in [-0.3, -0.25) is 0 Å². The first-order chi connectivity index (χ1) is 10.5. The van der Waals surface area contributed by atoms with Crippen LogP contribution in [0.4, 0.5) is 0 Å². The highest BCUT2D eigenvalue weighted by molar-refractivity contribution is 7.29. The number of thiophene rings is 2. The Kier molecular flexibility index (Phi) is 3.26. The van der Waals surface area contributed by atoms with Gasteiger partial charge in [-0.05, 0) is 22.9 Å². The molecular weight excluding hydrogens is 318 g/mol. The molecule has 0 saturated carbocycles. The van der Waals surface area contributed by atoms with Gasteiger partial charge in [0.15, 0.2) is 0 Å². The molecule has 0 bridgehead atoms. The van der Waals surface area contributed by atoms with Crippen molar-refractivity contribution in [1.82, 2.24) is 0 Å². The van der Waals surface area contributed by atoms with Crippen LogP contribution in [0.15, 0.2) is 36.4 Å². The maximum absolute atomic E-state index is 9.35. The van der Waals surface area contributed by atoms with Crippen molar-refractivity contribution in [3.05, 3.63) is 36.4 Å². The van der Waals surface area contributed by atoms with Crippen LogP contribution in [0.25, 0.3) is 30.9 Å². The highest BCUT2D eigenvalue weighted by Crippen LogP contribution is 2.35. The minimum Gasteiger partial charge on any atom is -0.423 e. The molecule has 2 heterocycles. The van der Waals surface area contributed by atoms with Crippen molar-refractivity contribution in [3.63, 3.8) is 0 Å². The molecule has 0 amide bonds. The third kappa shape index (κ3) is 2.08. The van der Waals surface area contributed by atoms with Gasteiger partial charge < -0.3 is 20.1 Å². The Labute approximate surface area is 134 Å². The summed E-state index contributed by atoms with van der Waals surface area (Å²) in [7, 11) is -2.93. The molecule has 0 aliphatic rings.